The van der Waals surface area contributed by atoms with Crippen LogP contribution in [0.25, 0.3) is 10.9 Å². The molecule has 0 aliphatic carbocycles. The summed E-state index contributed by atoms with van der Waals surface area (Å²) in [4.78, 5) is 15.5. The second-order valence-electron chi connectivity index (χ2n) is 5.24. The Kier molecular flexibility index (Phi) is 4.50. The minimum absolute atomic E-state index is 0.244. The summed E-state index contributed by atoms with van der Waals surface area (Å²) in [5.41, 5.74) is 2.78. The Labute approximate surface area is 141 Å². The molecule has 1 heterocycles. The molecule has 3 aromatic rings. The number of amides is 1. The van der Waals surface area contributed by atoms with Gasteiger partial charge in [0.15, 0.2) is 0 Å². The van der Waals surface area contributed by atoms with Crippen molar-refractivity contribution in [3.8, 4) is 0 Å². The molecule has 0 saturated heterocycles. The quantitative estimate of drug-likeness (QED) is 0.751. The van der Waals surface area contributed by atoms with E-state index in [1.54, 1.807) is 30.5 Å². The average Bonchev–Trinajstić information content (AvgIpc) is 2.92. The van der Waals surface area contributed by atoms with Gasteiger partial charge in [-0.25, -0.2) is 0 Å². The van der Waals surface area contributed by atoms with Gasteiger partial charge in [0.2, 0.25) is 0 Å². The molecule has 0 spiro atoms. The smallest absolute Gasteiger partial charge is 0.272 e. The Morgan fingerprint density at radius 1 is 1.22 bits per heavy atom. The Hall–Kier alpha value is -2.11. The molecule has 2 aromatic carbocycles. The minimum Gasteiger partial charge on any atom is -0.350 e. The monoisotopic (exact) mass is 346 g/mol. The van der Waals surface area contributed by atoms with E-state index in [1.807, 2.05) is 24.3 Å². The number of para-hydroxylation sites is 1. The molecule has 23 heavy (non-hydrogen) atoms. The first kappa shape index (κ1) is 15.8. The van der Waals surface area contributed by atoms with E-state index in [-0.39, 0.29) is 5.91 Å². The van der Waals surface area contributed by atoms with E-state index in [2.05, 4.69) is 10.3 Å². The Morgan fingerprint density at radius 3 is 2.78 bits per heavy atom. The molecule has 4 nitrogen and oxygen atoms in total. The maximum absolute atomic E-state index is 12.5. The van der Waals surface area contributed by atoms with E-state index in [0.29, 0.717) is 22.2 Å². The molecule has 1 atom stereocenters. The topological polar surface area (TPSA) is 62.0 Å². The Bertz CT molecular complexity index is 904. The number of halogens is 1. The number of benzene rings is 2. The van der Waals surface area contributed by atoms with Gasteiger partial charge in [0.05, 0.1) is 5.75 Å². The molecule has 0 fully saturated rings. The van der Waals surface area contributed by atoms with Crippen LogP contribution >= 0.6 is 11.6 Å². The van der Waals surface area contributed by atoms with E-state index >= 15 is 0 Å². The van der Waals surface area contributed by atoms with Crippen molar-refractivity contribution in [1.29, 1.82) is 0 Å². The normalized spacial score (nSPS) is 12.3. The number of aromatic nitrogens is 1. The van der Waals surface area contributed by atoms with Gasteiger partial charge in [-0.3, -0.25) is 9.00 Å². The third-order valence-corrected chi connectivity index (χ3v) is 4.41. The molecular formula is C17H15ClN2O2S. The summed E-state index contributed by atoms with van der Waals surface area (Å²) in [5, 5.41) is 4.40. The molecule has 0 radical (unpaired) electrons. The second-order valence-corrected chi connectivity index (χ2v) is 7.11. The summed E-state index contributed by atoms with van der Waals surface area (Å²) in [6, 6.07) is 14.6. The van der Waals surface area contributed by atoms with Crippen molar-refractivity contribution >= 4 is 44.9 Å². The number of aromatic amines is 1. The first-order valence-electron chi connectivity index (χ1n) is 7.00. The predicted octanol–water partition coefficient (Wildman–Crippen LogP) is 3.95. The van der Waals surface area contributed by atoms with Crippen molar-refractivity contribution in [3.05, 3.63) is 64.8 Å². The molecule has 2 N–H and O–H groups in total. The minimum atomic E-state index is -0.975. The number of nitrogens with one attached hydrogen (secondary N) is 2. The third kappa shape index (κ3) is 3.63. The van der Waals surface area contributed by atoms with Crippen LogP contribution in [-0.2, 0) is 16.6 Å². The summed E-state index contributed by atoms with van der Waals surface area (Å²) in [7, 11) is -0.975. The average molecular weight is 347 g/mol. The zero-order chi connectivity index (χ0) is 16.4. The maximum Gasteiger partial charge on any atom is 0.272 e. The van der Waals surface area contributed by atoms with Crippen LogP contribution in [0.15, 0.2) is 48.5 Å². The second kappa shape index (κ2) is 6.56. The van der Waals surface area contributed by atoms with Gasteiger partial charge in [-0.05, 0) is 29.8 Å². The van der Waals surface area contributed by atoms with Crippen molar-refractivity contribution in [2.75, 3.05) is 11.6 Å². The lowest BCUT2D eigenvalue weighted by molar-refractivity contribution is 0.102. The summed E-state index contributed by atoms with van der Waals surface area (Å²) >= 11 is 5.96. The standard InChI is InChI=1S/C17H15ClN2O2S/c1-23(22)10-12-4-2-3-5-14(12)20-17(21)16-8-11-6-7-13(18)9-15(11)19-16/h2-9,19H,10H2,1H3,(H,20,21). The van der Waals surface area contributed by atoms with E-state index in [1.165, 1.54) is 0 Å². The molecule has 1 aromatic heterocycles. The fourth-order valence-corrected chi connectivity index (χ4v) is 3.26. The molecular weight excluding hydrogens is 332 g/mol. The molecule has 6 heteroatoms. The summed E-state index contributed by atoms with van der Waals surface area (Å²) in [6.45, 7) is 0. The highest BCUT2D eigenvalue weighted by Gasteiger charge is 2.12. The van der Waals surface area contributed by atoms with Gasteiger partial charge < -0.3 is 10.3 Å². The lowest BCUT2D eigenvalue weighted by Gasteiger charge is -2.09. The highest BCUT2D eigenvalue weighted by molar-refractivity contribution is 7.83. The fourth-order valence-electron chi connectivity index (χ4n) is 2.40. The largest absolute Gasteiger partial charge is 0.350 e. The molecule has 0 aliphatic heterocycles. The van der Waals surface area contributed by atoms with E-state index in [0.717, 1.165) is 16.5 Å². The number of carbonyl (C=O) groups is 1. The van der Waals surface area contributed by atoms with Gasteiger partial charge in [-0.2, -0.15) is 0 Å². The van der Waals surface area contributed by atoms with Crippen molar-refractivity contribution in [2.24, 2.45) is 0 Å². The zero-order valence-electron chi connectivity index (χ0n) is 12.4. The van der Waals surface area contributed by atoms with Crippen molar-refractivity contribution in [3.63, 3.8) is 0 Å². The first-order valence-corrected chi connectivity index (χ1v) is 9.11. The van der Waals surface area contributed by atoms with E-state index in [9.17, 15) is 9.00 Å². The fraction of sp³-hybridized carbons (Fsp3) is 0.118. The van der Waals surface area contributed by atoms with E-state index in [4.69, 9.17) is 11.6 Å². The van der Waals surface area contributed by atoms with Crippen LogP contribution < -0.4 is 5.32 Å². The molecule has 1 amide bonds. The van der Waals surface area contributed by atoms with Gasteiger partial charge in [-0.15, -0.1) is 0 Å². The lowest BCUT2D eigenvalue weighted by atomic mass is 10.2. The number of hydrogen-bond donors (Lipinski definition) is 2. The summed E-state index contributed by atoms with van der Waals surface area (Å²) in [5.74, 6) is 0.158. The van der Waals surface area contributed by atoms with Gasteiger partial charge in [0, 0.05) is 38.7 Å². The number of hydrogen-bond acceptors (Lipinski definition) is 2. The van der Waals surface area contributed by atoms with Gasteiger partial charge in [0.1, 0.15) is 5.69 Å². The molecule has 0 aliphatic rings. The van der Waals surface area contributed by atoms with Crippen LogP contribution in [0, 0.1) is 0 Å². The third-order valence-electron chi connectivity index (χ3n) is 3.45. The highest BCUT2D eigenvalue weighted by atomic mass is 35.5. The zero-order valence-corrected chi connectivity index (χ0v) is 14.0. The first-order chi connectivity index (χ1) is 11.0. The number of H-pyrrole nitrogens is 1. The summed E-state index contributed by atoms with van der Waals surface area (Å²) < 4.78 is 11.5. The number of anilines is 1. The highest BCUT2D eigenvalue weighted by Crippen LogP contribution is 2.22. The van der Waals surface area contributed by atoms with Crippen molar-refractivity contribution < 1.29 is 9.00 Å². The molecule has 3 rings (SSSR count). The predicted molar refractivity (Wildman–Crippen MR) is 95.5 cm³/mol. The van der Waals surface area contributed by atoms with Crippen molar-refractivity contribution in [2.45, 2.75) is 5.75 Å². The lowest BCUT2D eigenvalue weighted by Crippen LogP contribution is -2.14. The Morgan fingerprint density at radius 2 is 2.00 bits per heavy atom. The van der Waals surface area contributed by atoms with Crippen molar-refractivity contribution in [1.82, 2.24) is 4.98 Å². The van der Waals surface area contributed by atoms with Crippen LogP contribution in [-0.4, -0.2) is 21.4 Å². The van der Waals surface area contributed by atoms with Crippen LogP contribution in [0.3, 0.4) is 0 Å². The van der Waals surface area contributed by atoms with Gasteiger partial charge in [-0.1, -0.05) is 35.9 Å². The van der Waals surface area contributed by atoms with Gasteiger partial charge in [0.25, 0.3) is 5.91 Å². The van der Waals surface area contributed by atoms with Gasteiger partial charge >= 0.3 is 0 Å². The number of rotatable bonds is 4. The van der Waals surface area contributed by atoms with E-state index < -0.39 is 10.8 Å². The van der Waals surface area contributed by atoms with Crippen LogP contribution in [0.5, 0.6) is 0 Å². The maximum atomic E-state index is 12.5. The van der Waals surface area contributed by atoms with Crippen LogP contribution in [0.2, 0.25) is 5.02 Å². The van der Waals surface area contributed by atoms with Crippen LogP contribution in [0.1, 0.15) is 16.1 Å². The number of carbonyl (C=O) groups excluding carboxylic acids is 1. The number of fused-ring (bicyclic) bond motifs is 1. The summed E-state index contributed by atoms with van der Waals surface area (Å²) in [6.07, 6.45) is 1.64. The molecule has 0 saturated carbocycles. The van der Waals surface area contributed by atoms with Crippen LogP contribution in [0.4, 0.5) is 5.69 Å². The molecule has 1 unspecified atom stereocenters. The molecule has 0 bridgehead atoms. The molecule has 118 valence electrons. The Balaban J connectivity index is 1.87. The SMILES string of the molecule is CS(=O)Cc1ccccc1NC(=O)c1cc2ccc(Cl)cc2[nH]1.